The van der Waals surface area contributed by atoms with E-state index in [1.807, 2.05) is 24.3 Å². The van der Waals surface area contributed by atoms with Crippen LogP contribution >= 0.6 is 23.4 Å². The number of carbonyl (C=O) groups is 1. The SMILES string of the molecule is CC(=O)c1ccc(Sc2ncccc2Cl)cc1. The summed E-state index contributed by atoms with van der Waals surface area (Å²) in [6.45, 7) is 1.55. The van der Waals surface area contributed by atoms with Gasteiger partial charge in [0, 0.05) is 16.7 Å². The monoisotopic (exact) mass is 263 g/mol. The first-order valence-corrected chi connectivity index (χ1v) is 6.25. The molecule has 0 atom stereocenters. The van der Waals surface area contributed by atoms with Gasteiger partial charge in [-0.3, -0.25) is 4.79 Å². The molecule has 4 heteroatoms. The number of hydrogen-bond acceptors (Lipinski definition) is 3. The molecular formula is C13H10ClNOS. The highest BCUT2D eigenvalue weighted by molar-refractivity contribution is 7.99. The first kappa shape index (κ1) is 12.1. The van der Waals surface area contributed by atoms with Gasteiger partial charge in [-0.15, -0.1) is 0 Å². The Kier molecular flexibility index (Phi) is 3.82. The summed E-state index contributed by atoms with van der Waals surface area (Å²) in [7, 11) is 0. The second-order valence-electron chi connectivity index (χ2n) is 3.47. The lowest BCUT2D eigenvalue weighted by Crippen LogP contribution is -1.90. The fourth-order valence-electron chi connectivity index (χ4n) is 1.32. The van der Waals surface area contributed by atoms with E-state index in [9.17, 15) is 4.79 Å². The minimum atomic E-state index is 0.0671. The van der Waals surface area contributed by atoms with Crippen LogP contribution in [0.5, 0.6) is 0 Å². The smallest absolute Gasteiger partial charge is 0.159 e. The van der Waals surface area contributed by atoms with Crippen molar-refractivity contribution in [2.45, 2.75) is 16.8 Å². The fraction of sp³-hybridized carbons (Fsp3) is 0.0769. The van der Waals surface area contributed by atoms with E-state index in [0.717, 1.165) is 9.92 Å². The Morgan fingerprint density at radius 1 is 1.24 bits per heavy atom. The molecule has 2 aromatic rings. The number of ketones is 1. The Morgan fingerprint density at radius 2 is 1.94 bits per heavy atom. The number of hydrogen-bond donors (Lipinski definition) is 0. The number of nitrogens with zero attached hydrogens (tertiary/aromatic N) is 1. The maximum Gasteiger partial charge on any atom is 0.159 e. The van der Waals surface area contributed by atoms with Crippen LogP contribution in [0.3, 0.4) is 0 Å². The zero-order valence-corrected chi connectivity index (χ0v) is 10.8. The van der Waals surface area contributed by atoms with Gasteiger partial charge >= 0.3 is 0 Å². The van der Waals surface area contributed by atoms with E-state index >= 15 is 0 Å². The predicted molar refractivity (Wildman–Crippen MR) is 69.8 cm³/mol. The molecule has 0 saturated carbocycles. The Hall–Kier alpha value is -1.32. The molecule has 0 bridgehead atoms. The van der Waals surface area contributed by atoms with Gasteiger partial charge in [0.2, 0.25) is 0 Å². The molecule has 0 unspecified atom stereocenters. The standard InChI is InChI=1S/C13H10ClNOS/c1-9(16)10-4-6-11(7-5-10)17-13-12(14)3-2-8-15-13/h2-8H,1H3. The molecule has 2 nitrogen and oxygen atoms in total. The van der Waals surface area contributed by atoms with Crippen molar-refractivity contribution in [2.24, 2.45) is 0 Å². The minimum Gasteiger partial charge on any atom is -0.295 e. The molecule has 0 fully saturated rings. The number of benzene rings is 1. The zero-order chi connectivity index (χ0) is 12.3. The highest BCUT2D eigenvalue weighted by atomic mass is 35.5. The van der Waals surface area contributed by atoms with Crippen LogP contribution in [0.25, 0.3) is 0 Å². The van der Waals surface area contributed by atoms with Crippen LogP contribution in [-0.4, -0.2) is 10.8 Å². The molecule has 0 radical (unpaired) electrons. The van der Waals surface area contributed by atoms with Crippen molar-refractivity contribution in [2.75, 3.05) is 0 Å². The molecule has 0 aliphatic heterocycles. The molecule has 1 aromatic heterocycles. The molecule has 1 heterocycles. The van der Waals surface area contributed by atoms with Crippen LogP contribution in [0.15, 0.2) is 52.5 Å². The summed E-state index contributed by atoms with van der Waals surface area (Å²) in [4.78, 5) is 16.3. The molecule has 17 heavy (non-hydrogen) atoms. The summed E-state index contributed by atoms with van der Waals surface area (Å²) < 4.78 is 0. The third-order valence-corrected chi connectivity index (χ3v) is 3.64. The molecule has 0 spiro atoms. The summed E-state index contributed by atoms with van der Waals surface area (Å²) in [6.07, 6.45) is 1.71. The van der Waals surface area contributed by atoms with Gasteiger partial charge in [-0.25, -0.2) is 4.98 Å². The van der Waals surface area contributed by atoms with Crippen LogP contribution < -0.4 is 0 Å². The predicted octanol–water partition coefficient (Wildman–Crippen LogP) is 4.09. The first-order valence-electron chi connectivity index (χ1n) is 5.06. The number of Topliss-reactive ketones (excluding diaryl/α,β-unsaturated/α-hetero) is 1. The van der Waals surface area contributed by atoms with Crippen molar-refractivity contribution in [3.05, 3.63) is 53.2 Å². The van der Waals surface area contributed by atoms with Gasteiger partial charge in [0.15, 0.2) is 5.78 Å². The van der Waals surface area contributed by atoms with E-state index in [1.54, 1.807) is 25.3 Å². The van der Waals surface area contributed by atoms with Crippen molar-refractivity contribution < 1.29 is 4.79 Å². The number of carbonyl (C=O) groups excluding carboxylic acids is 1. The Morgan fingerprint density at radius 3 is 2.53 bits per heavy atom. The molecule has 0 aliphatic rings. The molecule has 2 rings (SSSR count). The van der Waals surface area contributed by atoms with E-state index in [-0.39, 0.29) is 5.78 Å². The number of pyridine rings is 1. The number of halogens is 1. The molecule has 0 N–H and O–H groups in total. The highest BCUT2D eigenvalue weighted by Gasteiger charge is 2.04. The van der Waals surface area contributed by atoms with E-state index in [1.165, 1.54) is 11.8 Å². The first-order chi connectivity index (χ1) is 8.16. The lowest BCUT2D eigenvalue weighted by Gasteiger charge is -2.03. The zero-order valence-electron chi connectivity index (χ0n) is 9.18. The van der Waals surface area contributed by atoms with Crippen LogP contribution in [0, 0.1) is 0 Å². The van der Waals surface area contributed by atoms with Gasteiger partial charge in [0.25, 0.3) is 0 Å². The number of aromatic nitrogens is 1. The van der Waals surface area contributed by atoms with Gasteiger partial charge < -0.3 is 0 Å². The lowest BCUT2D eigenvalue weighted by molar-refractivity contribution is 0.101. The van der Waals surface area contributed by atoms with Crippen molar-refractivity contribution >= 4 is 29.1 Å². The van der Waals surface area contributed by atoms with E-state index < -0.39 is 0 Å². The Bertz CT molecular complexity index is 539. The normalized spacial score (nSPS) is 10.2. The molecular weight excluding hydrogens is 254 g/mol. The quantitative estimate of drug-likeness (QED) is 0.782. The maximum absolute atomic E-state index is 11.1. The molecule has 0 aliphatic carbocycles. The largest absolute Gasteiger partial charge is 0.295 e. The summed E-state index contributed by atoms with van der Waals surface area (Å²) in [5, 5.41) is 1.40. The molecule has 1 aromatic carbocycles. The van der Waals surface area contributed by atoms with Crippen LogP contribution in [0.1, 0.15) is 17.3 Å². The third-order valence-electron chi connectivity index (χ3n) is 2.20. The van der Waals surface area contributed by atoms with E-state index in [2.05, 4.69) is 4.98 Å². The Labute approximate surface area is 109 Å². The Balaban J connectivity index is 2.20. The summed E-state index contributed by atoms with van der Waals surface area (Å²) in [5.41, 5.74) is 0.710. The topological polar surface area (TPSA) is 30.0 Å². The fourth-order valence-corrected chi connectivity index (χ4v) is 2.33. The van der Waals surface area contributed by atoms with Gasteiger partial charge in [-0.1, -0.05) is 35.5 Å². The maximum atomic E-state index is 11.1. The van der Waals surface area contributed by atoms with Crippen LogP contribution in [-0.2, 0) is 0 Å². The van der Waals surface area contributed by atoms with Gasteiger partial charge in [0.1, 0.15) is 5.03 Å². The summed E-state index contributed by atoms with van der Waals surface area (Å²) in [5.74, 6) is 0.0671. The summed E-state index contributed by atoms with van der Waals surface area (Å²) >= 11 is 7.50. The van der Waals surface area contributed by atoms with Crippen molar-refractivity contribution in [3.63, 3.8) is 0 Å². The van der Waals surface area contributed by atoms with Crippen molar-refractivity contribution in [3.8, 4) is 0 Å². The van der Waals surface area contributed by atoms with Crippen LogP contribution in [0.2, 0.25) is 5.02 Å². The average Bonchev–Trinajstić information content (AvgIpc) is 2.33. The molecule has 0 amide bonds. The van der Waals surface area contributed by atoms with E-state index in [4.69, 9.17) is 11.6 Å². The molecule has 86 valence electrons. The minimum absolute atomic E-state index is 0.0671. The summed E-state index contributed by atoms with van der Waals surface area (Å²) in [6, 6.07) is 11.0. The lowest BCUT2D eigenvalue weighted by atomic mass is 10.2. The highest BCUT2D eigenvalue weighted by Crippen LogP contribution is 2.31. The third kappa shape index (κ3) is 3.08. The van der Waals surface area contributed by atoms with Gasteiger partial charge in [-0.2, -0.15) is 0 Å². The van der Waals surface area contributed by atoms with Crippen LogP contribution in [0.4, 0.5) is 0 Å². The second-order valence-corrected chi connectivity index (χ2v) is 4.94. The average molecular weight is 264 g/mol. The van der Waals surface area contributed by atoms with E-state index in [0.29, 0.717) is 10.6 Å². The van der Waals surface area contributed by atoms with Crippen molar-refractivity contribution in [1.82, 2.24) is 4.98 Å². The van der Waals surface area contributed by atoms with Gasteiger partial charge in [0.05, 0.1) is 5.02 Å². The molecule has 0 saturated heterocycles. The van der Waals surface area contributed by atoms with Gasteiger partial charge in [-0.05, 0) is 31.2 Å². The van der Waals surface area contributed by atoms with Crippen molar-refractivity contribution in [1.29, 1.82) is 0 Å². The second kappa shape index (κ2) is 5.34. The number of rotatable bonds is 3.